The Labute approximate surface area is 209 Å². The average Bonchev–Trinajstić information content (AvgIpc) is 3.31. The summed E-state index contributed by atoms with van der Waals surface area (Å²) in [5, 5.41) is 20.1. The van der Waals surface area contributed by atoms with Gasteiger partial charge >= 0.3 is 6.05 Å². The highest BCUT2D eigenvalue weighted by molar-refractivity contribution is 5.95. The molecule has 2 heterocycles. The van der Waals surface area contributed by atoms with Crippen LogP contribution in [0.2, 0.25) is 0 Å². The molecule has 0 aromatic heterocycles. The Balaban J connectivity index is 1.42. The molecule has 188 valence electrons. The lowest BCUT2D eigenvalue weighted by Gasteiger charge is -2.31. The van der Waals surface area contributed by atoms with Crippen LogP contribution in [0, 0.1) is 5.92 Å². The van der Waals surface area contributed by atoms with Crippen LogP contribution in [0.3, 0.4) is 0 Å². The smallest absolute Gasteiger partial charge is 0.338 e. The van der Waals surface area contributed by atoms with E-state index in [9.17, 15) is 19.0 Å². The molecule has 0 radical (unpaired) electrons. The number of rotatable bonds is 6. The molecule has 0 bridgehead atoms. The first-order valence-electron chi connectivity index (χ1n) is 12.1. The SMILES string of the molecule is CC1=C(c2cccc(O)c2)C(c2ccc(OCC(F)(F)N3CCC(C)C3)cc2)Oc2ccc(O)cc21. The van der Waals surface area contributed by atoms with E-state index in [2.05, 4.69) is 0 Å². The van der Waals surface area contributed by atoms with Crippen molar-refractivity contribution in [3.8, 4) is 23.0 Å². The number of fused-ring (bicyclic) bond motifs is 1. The number of phenols is 2. The van der Waals surface area contributed by atoms with Gasteiger partial charge in [0.25, 0.3) is 0 Å². The zero-order valence-electron chi connectivity index (χ0n) is 20.2. The monoisotopic (exact) mass is 493 g/mol. The predicted octanol–water partition coefficient (Wildman–Crippen LogP) is 6.48. The van der Waals surface area contributed by atoms with Crippen LogP contribution >= 0.6 is 0 Å². The van der Waals surface area contributed by atoms with Crippen molar-refractivity contribution in [1.82, 2.24) is 4.90 Å². The Kier molecular flexibility index (Phi) is 6.35. The van der Waals surface area contributed by atoms with Crippen molar-refractivity contribution < 1.29 is 28.5 Å². The molecule has 5 rings (SSSR count). The minimum absolute atomic E-state index is 0.130. The van der Waals surface area contributed by atoms with Crippen LogP contribution in [0.15, 0.2) is 66.7 Å². The molecule has 2 unspecified atom stereocenters. The van der Waals surface area contributed by atoms with Gasteiger partial charge in [0.15, 0.2) is 6.61 Å². The largest absolute Gasteiger partial charge is 0.508 e. The van der Waals surface area contributed by atoms with Crippen molar-refractivity contribution in [3.05, 3.63) is 83.4 Å². The van der Waals surface area contributed by atoms with Gasteiger partial charge in [-0.15, -0.1) is 0 Å². The number of nitrogens with zero attached hydrogens (tertiary/aromatic N) is 1. The number of benzene rings is 3. The van der Waals surface area contributed by atoms with Gasteiger partial charge < -0.3 is 19.7 Å². The van der Waals surface area contributed by atoms with Crippen LogP contribution in [0.25, 0.3) is 11.1 Å². The van der Waals surface area contributed by atoms with Crippen molar-refractivity contribution in [2.45, 2.75) is 32.4 Å². The molecule has 7 heteroatoms. The molecule has 1 saturated heterocycles. The van der Waals surface area contributed by atoms with Crippen molar-refractivity contribution >= 4 is 11.1 Å². The lowest BCUT2D eigenvalue weighted by molar-refractivity contribution is -0.159. The second kappa shape index (κ2) is 9.47. The number of phenolic OH excluding ortho intramolecular Hbond substituents is 2. The van der Waals surface area contributed by atoms with E-state index in [1.54, 1.807) is 60.7 Å². The van der Waals surface area contributed by atoms with E-state index in [0.717, 1.165) is 34.3 Å². The first-order valence-corrected chi connectivity index (χ1v) is 12.1. The fourth-order valence-corrected chi connectivity index (χ4v) is 4.95. The molecule has 0 aliphatic carbocycles. The van der Waals surface area contributed by atoms with Gasteiger partial charge in [-0.25, -0.2) is 4.90 Å². The predicted molar refractivity (Wildman–Crippen MR) is 134 cm³/mol. The topological polar surface area (TPSA) is 62.2 Å². The maximum Gasteiger partial charge on any atom is 0.338 e. The third kappa shape index (κ3) is 4.75. The van der Waals surface area contributed by atoms with Crippen LogP contribution in [-0.2, 0) is 0 Å². The van der Waals surface area contributed by atoms with Gasteiger partial charge in [0.05, 0.1) is 0 Å². The van der Waals surface area contributed by atoms with Crippen LogP contribution in [0.5, 0.6) is 23.0 Å². The summed E-state index contributed by atoms with van der Waals surface area (Å²) in [6.45, 7) is 3.97. The minimum atomic E-state index is -3.02. The molecule has 0 spiro atoms. The fraction of sp³-hybridized carbons (Fsp3) is 0.310. The average molecular weight is 494 g/mol. The number of aromatic hydroxyl groups is 2. The molecular weight excluding hydrogens is 464 g/mol. The summed E-state index contributed by atoms with van der Waals surface area (Å²) in [4.78, 5) is 1.19. The number of hydrogen-bond donors (Lipinski definition) is 2. The maximum atomic E-state index is 14.6. The number of allylic oxidation sites excluding steroid dienone is 1. The van der Waals surface area contributed by atoms with Gasteiger partial charge in [0, 0.05) is 24.2 Å². The molecule has 2 N–H and O–H groups in total. The summed E-state index contributed by atoms with van der Waals surface area (Å²) in [6.07, 6.45) is 0.258. The molecule has 5 nitrogen and oxygen atoms in total. The quantitative estimate of drug-likeness (QED) is 0.385. The van der Waals surface area contributed by atoms with Crippen LogP contribution in [-0.4, -0.2) is 40.9 Å². The highest BCUT2D eigenvalue weighted by atomic mass is 19.3. The molecule has 3 aromatic carbocycles. The summed E-state index contributed by atoms with van der Waals surface area (Å²) < 4.78 is 41.0. The number of alkyl halides is 2. The first-order chi connectivity index (χ1) is 17.2. The first kappa shape index (κ1) is 24.1. The molecule has 3 aromatic rings. The Hall–Kier alpha value is -3.58. The van der Waals surface area contributed by atoms with E-state index in [4.69, 9.17) is 9.47 Å². The van der Waals surface area contributed by atoms with Crippen LogP contribution in [0.1, 0.15) is 43.1 Å². The van der Waals surface area contributed by atoms with Crippen LogP contribution in [0.4, 0.5) is 8.78 Å². The number of ether oxygens (including phenoxy) is 2. The van der Waals surface area contributed by atoms with Gasteiger partial charge in [-0.05, 0) is 78.4 Å². The molecule has 1 fully saturated rings. The molecule has 0 saturated carbocycles. The minimum Gasteiger partial charge on any atom is -0.508 e. The lowest BCUT2D eigenvalue weighted by Crippen LogP contribution is -2.44. The van der Waals surface area contributed by atoms with E-state index < -0.39 is 18.8 Å². The Bertz CT molecular complexity index is 1290. The number of likely N-dealkylation sites (tertiary alicyclic amines) is 1. The maximum absolute atomic E-state index is 14.6. The summed E-state index contributed by atoms with van der Waals surface area (Å²) in [5.74, 6) is 1.50. The van der Waals surface area contributed by atoms with Crippen molar-refractivity contribution in [2.75, 3.05) is 19.7 Å². The van der Waals surface area contributed by atoms with Gasteiger partial charge in [-0.3, -0.25) is 0 Å². The van der Waals surface area contributed by atoms with E-state index in [0.29, 0.717) is 24.6 Å². The zero-order chi connectivity index (χ0) is 25.4. The standard InChI is InChI=1S/C29H29F2NO4/c1-18-12-13-32(16-18)29(30,31)17-35-24-9-6-20(7-10-24)28-27(21-4-3-5-22(33)14-21)19(2)25-15-23(34)8-11-26(25)36-28/h3-11,14-15,18,28,33-34H,12-13,16-17H2,1-2H3. The summed E-state index contributed by atoms with van der Waals surface area (Å²) >= 11 is 0. The Morgan fingerprint density at radius 3 is 2.47 bits per heavy atom. The summed E-state index contributed by atoms with van der Waals surface area (Å²) in [7, 11) is 0. The van der Waals surface area contributed by atoms with E-state index >= 15 is 0 Å². The van der Waals surface area contributed by atoms with E-state index in [-0.39, 0.29) is 17.4 Å². The van der Waals surface area contributed by atoms with Gasteiger partial charge in [-0.1, -0.05) is 31.2 Å². The Morgan fingerprint density at radius 2 is 1.78 bits per heavy atom. The highest BCUT2D eigenvalue weighted by Crippen LogP contribution is 2.47. The third-order valence-electron chi connectivity index (χ3n) is 6.92. The zero-order valence-corrected chi connectivity index (χ0v) is 20.2. The Morgan fingerprint density at radius 1 is 1.03 bits per heavy atom. The van der Waals surface area contributed by atoms with Gasteiger partial charge in [-0.2, -0.15) is 8.78 Å². The normalized spacial score (nSPS) is 20.2. The van der Waals surface area contributed by atoms with E-state index in [1.807, 2.05) is 19.9 Å². The third-order valence-corrected chi connectivity index (χ3v) is 6.92. The molecule has 2 aliphatic heterocycles. The molecule has 36 heavy (non-hydrogen) atoms. The molecule has 2 atom stereocenters. The highest BCUT2D eigenvalue weighted by Gasteiger charge is 2.41. The van der Waals surface area contributed by atoms with Gasteiger partial charge in [0.2, 0.25) is 0 Å². The number of hydrogen-bond acceptors (Lipinski definition) is 5. The number of halogens is 2. The van der Waals surface area contributed by atoms with Crippen LogP contribution < -0.4 is 9.47 Å². The van der Waals surface area contributed by atoms with Crippen molar-refractivity contribution in [2.24, 2.45) is 5.92 Å². The second-order valence-corrected chi connectivity index (χ2v) is 9.63. The summed E-state index contributed by atoms with van der Waals surface area (Å²) in [6, 6.07) is 15.8. The van der Waals surface area contributed by atoms with E-state index in [1.165, 1.54) is 4.90 Å². The fourth-order valence-electron chi connectivity index (χ4n) is 4.95. The molecule has 2 aliphatic rings. The van der Waals surface area contributed by atoms with Gasteiger partial charge in [0.1, 0.15) is 29.1 Å². The summed E-state index contributed by atoms with van der Waals surface area (Å²) in [5.41, 5.74) is 4.10. The molecular formula is C29H29F2NO4. The van der Waals surface area contributed by atoms with Crippen molar-refractivity contribution in [1.29, 1.82) is 0 Å². The molecule has 0 amide bonds. The van der Waals surface area contributed by atoms with Crippen molar-refractivity contribution in [3.63, 3.8) is 0 Å². The second-order valence-electron chi connectivity index (χ2n) is 9.63. The lowest BCUT2D eigenvalue weighted by atomic mass is 9.86.